The molecule has 6 nitrogen and oxygen atoms in total. The van der Waals surface area contributed by atoms with E-state index in [0.29, 0.717) is 16.9 Å². The number of hydrogen-bond donors (Lipinski definition) is 3. The average molecular weight is 519 g/mol. The molecule has 0 heterocycles. The highest BCUT2D eigenvalue weighted by molar-refractivity contribution is 5.85. The molecule has 0 amide bonds. The Labute approximate surface area is 210 Å². The normalized spacial score (nSPS) is 12.6. The van der Waals surface area contributed by atoms with Gasteiger partial charge in [0.15, 0.2) is 17.4 Å². The van der Waals surface area contributed by atoms with Crippen LogP contribution < -0.4 is 26.2 Å². The molecule has 4 aromatic rings. The molecule has 0 aliphatic heterocycles. The number of rotatable bonds is 8. The quantitative estimate of drug-likeness (QED) is 0.284. The SMILES string of the molecule is COc1ccc(C(NC(C)c2ccc(F)c(F)c2)c2ccc(F)c(Nc3c(O)c(=O)c3=O)c2)cc1.Cl. The Morgan fingerprint density at radius 2 is 1.42 bits per heavy atom. The van der Waals surface area contributed by atoms with Gasteiger partial charge in [-0.15, -0.1) is 12.4 Å². The van der Waals surface area contributed by atoms with Gasteiger partial charge in [0.25, 0.3) is 10.9 Å². The van der Waals surface area contributed by atoms with Crippen LogP contribution in [-0.2, 0) is 0 Å². The third kappa shape index (κ3) is 5.22. The van der Waals surface area contributed by atoms with Crippen molar-refractivity contribution in [1.29, 1.82) is 0 Å². The number of nitrogens with one attached hydrogen (secondary N) is 2. The molecular formula is C26H22ClF3N2O4. The van der Waals surface area contributed by atoms with Crippen LogP contribution in [0, 0.1) is 17.5 Å². The smallest absolute Gasteiger partial charge is 0.271 e. The number of halogens is 4. The molecule has 0 aliphatic rings. The van der Waals surface area contributed by atoms with Gasteiger partial charge in [0.1, 0.15) is 17.3 Å². The number of benzene rings is 3. The topological polar surface area (TPSA) is 87.7 Å². The minimum atomic E-state index is -1.04. The third-order valence-electron chi connectivity index (χ3n) is 5.78. The van der Waals surface area contributed by atoms with E-state index >= 15 is 0 Å². The van der Waals surface area contributed by atoms with E-state index in [-0.39, 0.29) is 23.8 Å². The monoisotopic (exact) mass is 518 g/mol. The summed E-state index contributed by atoms with van der Waals surface area (Å²) in [6.07, 6.45) is 0. The molecule has 188 valence electrons. The Morgan fingerprint density at radius 1 is 0.806 bits per heavy atom. The molecule has 0 fully saturated rings. The second kappa shape index (κ2) is 10.8. The van der Waals surface area contributed by atoms with Gasteiger partial charge in [-0.2, -0.15) is 0 Å². The zero-order valence-electron chi connectivity index (χ0n) is 19.1. The fraction of sp³-hybridized carbons (Fsp3) is 0.154. The number of methoxy groups -OCH3 is 1. The first-order chi connectivity index (χ1) is 16.7. The molecule has 36 heavy (non-hydrogen) atoms. The Hall–Kier alpha value is -3.82. The van der Waals surface area contributed by atoms with Crippen LogP contribution in [-0.4, -0.2) is 12.2 Å². The molecule has 10 heteroatoms. The van der Waals surface area contributed by atoms with Gasteiger partial charge in [-0.05, 0) is 60.0 Å². The van der Waals surface area contributed by atoms with Crippen molar-refractivity contribution in [3.63, 3.8) is 0 Å². The molecule has 0 spiro atoms. The minimum Gasteiger partial charge on any atom is -0.502 e. The molecule has 0 bridgehead atoms. The van der Waals surface area contributed by atoms with Crippen LogP contribution in [0.25, 0.3) is 0 Å². The zero-order chi connectivity index (χ0) is 25.3. The maximum Gasteiger partial charge on any atom is 0.271 e. The fourth-order valence-corrected chi connectivity index (χ4v) is 3.76. The molecule has 2 atom stereocenters. The van der Waals surface area contributed by atoms with Crippen LogP contribution in [0.2, 0.25) is 0 Å². The summed E-state index contributed by atoms with van der Waals surface area (Å²) in [6.45, 7) is 1.77. The number of anilines is 2. The standard InChI is InChI=1S/C26H21F3N2O4.ClH/c1-13(15-5-9-18(27)20(29)11-15)30-22(14-3-7-17(35-2)8-4-14)16-6-10-19(28)21(12-16)31-23-24(32)26(34)25(23)33;/h3-13,22,30-32H,1-2H3;1H. The van der Waals surface area contributed by atoms with Crippen molar-refractivity contribution in [1.82, 2.24) is 5.32 Å². The predicted octanol–water partition coefficient (Wildman–Crippen LogP) is 5.02. The van der Waals surface area contributed by atoms with Crippen molar-refractivity contribution < 1.29 is 23.0 Å². The maximum atomic E-state index is 14.5. The summed E-state index contributed by atoms with van der Waals surface area (Å²) in [4.78, 5) is 23.0. The van der Waals surface area contributed by atoms with Gasteiger partial charge >= 0.3 is 0 Å². The molecule has 0 saturated heterocycles. The van der Waals surface area contributed by atoms with Crippen LogP contribution >= 0.6 is 12.4 Å². The summed E-state index contributed by atoms with van der Waals surface area (Å²) in [5, 5.41) is 15.5. The van der Waals surface area contributed by atoms with Crippen molar-refractivity contribution in [3.05, 3.63) is 115 Å². The van der Waals surface area contributed by atoms with Crippen LogP contribution in [0.15, 0.2) is 70.3 Å². The maximum absolute atomic E-state index is 14.5. The van der Waals surface area contributed by atoms with E-state index in [9.17, 15) is 27.9 Å². The van der Waals surface area contributed by atoms with E-state index in [1.165, 1.54) is 31.4 Å². The van der Waals surface area contributed by atoms with Crippen molar-refractivity contribution in [2.45, 2.75) is 19.0 Å². The number of aromatic hydroxyl groups is 1. The zero-order valence-corrected chi connectivity index (χ0v) is 20.0. The first kappa shape index (κ1) is 26.8. The third-order valence-corrected chi connectivity index (χ3v) is 5.78. The van der Waals surface area contributed by atoms with E-state index in [2.05, 4.69) is 10.6 Å². The summed E-state index contributed by atoms with van der Waals surface area (Å²) in [5.41, 5.74) is -0.662. The van der Waals surface area contributed by atoms with Crippen LogP contribution in [0.1, 0.15) is 35.7 Å². The van der Waals surface area contributed by atoms with Gasteiger partial charge < -0.3 is 15.2 Å². The summed E-state index contributed by atoms with van der Waals surface area (Å²) in [5.74, 6) is -2.76. The van der Waals surface area contributed by atoms with Crippen molar-refractivity contribution in [2.75, 3.05) is 12.4 Å². The highest BCUT2D eigenvalue weighted by Crippen LogP contribution is 2.32. The second-order valence-electron chi connectivity index (χ2n) is 8.01. The summed E-state index contributed by atoms with van der Waals surface area (Å²) < 4.78 is 47.0. The summed E-state index contributed by atoms with van der Waals surface area (Å²) >= 11 is 0. The lowest BCUT2D eigenvalue weighted by atomic mass is 9.95. The highest BCUT2D eigenvalue weighted by atomic mass is 35.5. The molecular weight excluding hydrogens is 497 g/mol. The Bertz CT molecular complexity index is 1450. The van der Waals surface area contributed by atoms with Gasteiger partial charge in [-0.3, -0.25) is 14.9 Å². The first-order valence-electron chi connectivity index (χ1n) is 10.6. The van der Waals surface area contributed by atoms with Gasteiger partial charge in [0, 0.05) is 6.04 Å². The van der Waals surface area contributed by atoms with E-state index in [1.54, 1.807) is 31.2 Å². The molecule has 0 aliphatic carbocycles. The van der Waals surface area contributed by atoms with Crippen molar-refractivity contribution in [2.24, 2.45) is 0 Å². The molecule has 4 rings (SSSR count). The number of hydrogen-bond acceptors (Lipinski definition) is 6. The molecule has 4 aromatic carbocycles. The minimum absolute atomic E-state index is 0. The molecule has 0 radical (unpaired) electrons. The lowest BCUT2D eigenvalue weighted by Gasteiger charge is -2.26. The van der Waals surface area contributed by atoms with E-state index in [1.807, 2.05) is 0 Å². The van der Waals surface area contributed by atoms with Crippen LogP contribution in [0.5, 0.6) is 11.5 Å². The fourth-order valence-electron chi connectivity index (χ4n) is 3.76. The van der Waals surface area contributed by atoms with E-state index in [4.69, 9.17) is 4.74 Å². The molecule has 2 unspecified atom stereocenters. The first-order valence-corrected chi connectivity index (χ1v) is 10.6. The van der Waals surface area contributed by atoms with Crippen LogP contribution in [0.3, 0.4) is 0 Å². The second-order valence-corrected chi connectivity index (χ2v) is 8.01. The Balaban J connectivity index is 0.00000361. The molecule has 0 saturated carbocycles. The van der Waals surface area contributed by atoms with Gasteiger partial charge in [-0.25, -0.2) is 13.2 Å². The molecule has 0 aromatic heterocycles. The van der Waals surface area contributed by atoms with E-state index in [0.717, 1.165) is 17.7 Å². The predicted molar refractivity (Wildman–Crippen MR) is 133 cm³/mol. The highest BCUT2D eigenvalue weighted by Gasteiger charge is 2.23. The van der Waals surface area contributed by atoms with Crippen molar-refractivity contribution in [3.8, 4) is 11.5 Å². The largest absolute Gasteiger partial charge is 0.502 e. The van der Waals surface area contributed by atoms with Gasteiger partial charge in [0.05, 0.1) is 18.8 Å². The summed E-state index contributed by atoms with van der Waals surface area (Å²) in [6, 6.07) is 13.9. The number of ether oxygens (including phenoxy) is 1. The Morgan fingerprint density at radius 3 is 2.03 bits per heavy atom. The lowest BCUT2D eigenvalue weighted by Crippen LogP contribution is -2.32. The van der Waals surface area contributed by atoms with Crippen molar-refractivity contribution >= 4 is 23.8 Å². The van der Waals surface area contributed by atoms with Crippen LogP contribution in [0.4, 0.5) is 24.5 Å². The summed E-state index contributed by atoms with van der Waals surface area (Å²) in [7, 11) is 1.53. The molecule has 3 N–H and O–H groups in total. The van der Waals surface area contributed by atoms with E-state index < -0.39 is 46.1 Å². The van der Waals surface area contributed by atoms with Gasteiger partial charge in [0.2, 0.25) is 0 Å². The van der Waals surface area contributed by atoms with Gasteiger partial charge in [-0.1, -0.05) is 24.3 Å². The lowest BCUT2D eigenvalue weighted by molar-refractivity contribution is 0.414. The Kier molecular flexibility index (Phi) is 8.07. The average Bonchev–Trinajstić information content (AvgIpc) is 2.87.